The summed E-state index contributed by atoms with van der Waals surface area (Å²) in [5, 5.41) is 0.502. The molecule has 1 heterocycles. The van der Waals surface area contributed by atoms with Crippen LogP contribution < -0.4 is 10.9 Å². The summed E-state index contributed by atoms with van der Waals surface area (Å²) >= 11 is 5.70. The Morgan fingerprint density at radius 3 is 2.35 bits per heavy atom. The lowest BCUT2D eigenvalue weighted by Gasteiger charge is -2.10. The van der Waals surface area contributed by atoms with Crippen LogP contribution in [0.2, 0.25) is 5.02 Å². The molecule has 0 radical (unpaired) electrons. The highest BCUT2D eigenvalue weighted by Crippen LogP contribution is 2.18. The van der Waals surface area contributed by atoms with Crippen LogP contribution in [0.5, 0.6) is 0 Å². The molecule has 1 aromatic rings. The van der Waals surface area contributed by atoms with Crippen molar-refractivity contribution in [3.8, 4) is 0 Å². The van der Waals surface area contributed by atoms with Gasteiger partial charge in [0.05, 0.1) is 17.4 Å². The maximum absolute atomic E-state index is 11.7. The van der Waals surface area contributed by atoms with Crippen molar-refractivity contribution in [1.82, 2.24) is 10.9 Å². The highest BCUT2D eigenvalue weighted by atomic mass is 35.5. The molecule has 0 unspecified atom stereocenters. The first-order chi connectivity index (χ1) is 9.37. The third-order valence-electron chi connectivity index (χ3n) is 3.01. The molecule has 1 aliphatic heterocycles. The molecule has 2 amide bonds. The van der Waals surface area contributed by atoms with E-state index in [2.05, 4.69) is 10.9 Å². The summed E-state index contributed by atoms with van der Waals surface area (Å²) < 4.78 is 22.5. The lowest BCUT2D eigenvalue weighted by molar-refractivity contribution is -0.125. The van der Waals surface area contributed by atoms with Gasteiger partial charge in [-0.25, -0.2) is 8.42 Å². The minimum Gasteiger partial charge on any atom is -0.273 e. The Labute approximate surface area is 121 Å². The number of hydrogen-bond donors (Lipinski definition) is 2. The molecular weight excluding hydrogens is 304 g/mol. The van der Waals surface area contributed by atoms with E-state index in [0.717, 1.165) is 0 Å². The van der Waals surface area contributed by atoms with Crippen molar-refractivity contribution in [2.75, 3.05) is 11.5 Å². The summed E-state index contributed by atoms with van der Waals surface area (Å²) in [6.07, 6.45) is 0.283. The van der Waals surface area contributed by atoms with Crippen molar-refractivity contribution in [2.45, 2.75) is 6.42 Å². The lowest BCUT2D eigenvalue weighted by Crippen LogP contribution is -2.44. The molecule has 1 atom stereocenters. The van der Waals surface area contributed by atoms with Crippen LogP contribution in [0, 0.1) is 5.92 Å². The third kappa shape index (κ3) is 3.71. The summed E-state index contributed by atoms with van der Waals surface area (Å²) in [5.41, 5.74) is 4.83. The molecule has 0 aromatic heterocycles. The second-order valence-electron chi connectivity index (χ2n) is 4.55. The van der Waals surface area contributed by atoms with Crippen LogP contribution >= 0.6 is 11.6 Å². The van der Waals surface area contributed by atoms with Gasteiger partial charge in [-0.3, -0.25) is 20.4 Å². The Bertz CT molecular complexity index is 627. The van der Waals surface area contributed by atoms with Gasteiger partial charge in [0.25, 0.3) is 5.91 Å². The number of sulfone groups is 1. The zero-order valence-electron chi connectivity index (χ0n) is 10.4. The molecule has 1 saturated heterocycles. The van der Waals surface area contributed by atoms with Crippen LogP contribution in [0.1, 0.15) is 16.8 Å². The van der Waals surface area contributed by atoms with Gasteiger partial charge in [0.2, 0.25) is 5.91 Å². The lowest BCUT2D eigenvalue weighted by atomic mass is 10.1. The van der Waals surface area contributed by atoms with Crippen molar-refractivity contribution in [3.05, 3.63) is 34.9 Å². The van der Waals surface area contributed by atoms with Gasteiger partial charge in [-0.1, -0.05) is 11.6 Å². The fourth-order valence-corrected chi connectivity index (χ4v) is 3.76. The highest BCUT2D eigenvalue weighted by Gasteiger charge is 2.33. The second-order valence-corrected chi connectivity index (χ2v) is 7.22. The predicted molar refractivity (Wildman–Crippen MR) is 73.8 cm³/mol. The molecule has 0 spiro atoms. The van der Waals surface area contributed by atoms with Gasteiger partial charge in [-0.15, -0.1) is 0 Å². The third-order valence-corrected chi connectivity index (χ3v) is 5.03. The number of hydrogen-bond acceptors (Lipinski definition) is 4. The number of carbonyl (C=O) groups excluding carboxylic acids is 2. The fraction of sp³-hybridized carbons (Fsp3) is 0.333. The minimum atomic E-state index is -3.12. The minimum absolute atomic E-state index is 0.0101. The SMILES string of the molecule is O=C(NNC(=O)[C@@H]1CCS(=O)(=O)C1)c1ccc(Cl)cc1. The number of benzene rings is 1. The molecule has 0 saturated carbocycles. The first-order valence-electron chi connectivity index (χ1n) is 5.93. The number of carbonyl (C=O) groups is 2. The summed E-state index contributed by atoms with van der Waals surface area (Å²) in [5.74, 6) is -1.75. The Morgan fingerprint density at radius 1 is 1.15 bits per heavy atom. The quantitative estimate of drug-likeness (QED) is 0.779. The van der Waals surface area contributed by atoms with Gasteiger partial charge >= 0.3 is 0 Å². The van der Waals surface area contributed by atoms with Gasteiger partial charge in [0.1, 0.15) is 0 Å². The molecular formula is C12H13ClN2O4S. The van der Waals surface area contributed by atoms with Crippen LogP contribution in [-0.2, 0) is 14.6 Å². The largest absolute Gasteiger partial charge is 0.273 e. The van der Waals surface area contributed by atoms with E-state index < -0.39 is 27.6 Å². The molecule has 1 fully saturated rings. The Hall–Kier alpha value is -1.60. The molecule has 1 aromatic carbocycles. The average Bonchev–Trinajstić information content (AvgIpc) is 2.77. The highest BCUT2D eigenvalue weighted by molar-refractivity contribution is 7.91. The van der Waals surface area contributed by atoms with Crippen molar-refractivity contribution < 1.29 is 18.0 Å². The van der Waals surface area contributed by atoms with Crippen LogP contribution in [0.4, 0.5) is 0 Å². The van der Waals surface area contributed by atoms with Crippen molar-refractivity contribution in [3.63, 3.8) is 0 Å². The predicted octanol–water partition coefficient (Wildman–Crippen LogP) is 0.536. The van der Waals surface area contributed by atoms with Gasteiger partial charge in [-0.05, 0) is 30.7 Å². The second kappa shape index (κ2) is 5.80. The summed E-state index contributed by atoms with van der Waals surface area (Å²) in [6, 6.07) is 6.15. The maximum Gasteiger partial charge on any atom is 0.269 e. The zero-order valence-corrected chi connectivity index (χ0v) is 12.0. The van der Waals surface area contributed by atoms with Crippen molar-refractivity contribution in [1.29, 1.82) is 0 Å². The molecule has 1 aliphatic rings. The molecule has 0 bridgehead atoms. The molecule has 6 nitrogen and oxygen atoms in total. The Morgan fingerprint density at radius 2 is 1.80 bits per heavy atom. The number of rotatable bonds is 2. The van der Waals surface area contributed by atoms with Crippen LogP contribution in [0.3, 0.4) is 0 Å². The standard InChI is InChI=1S/C12H13ClN2O4S/c13-10-3-1-8(2-4-10)11(16)14-15-12(17)9-5-6-20(18,19)7-9/h1-4,9H,5-7H2,(H,14,16)(H,15,17)/t9-/m1/s1. The molecule has 2 rings (SSSR count). The maximum atomic E-state index is 11.7. The summed E-state index contributed by atoms with van der Waals surface area (Å²) in [6.45, 7) is 0. The van der Waals surface area contributed by atoms with Crippen molar-refractivity contribution >= 4 is 33.3 Å². The normalized spacial score (nSPS) is 20.4. The van der Waals surface area contributed by atoms with E-state index >= 15 is 0 Å². The van der Waals surface area contributed by atoms with Crippen LogP contribution in [0.15, 0.2) is 24.3 Å². The van der Waals surface area contributed by atoms with Gasteiger partial charge in [-0.2, -0.15) is 0 Å². The molecule has 8 heteroatoms. The molecule has 2 N–H and O–H groups in total. The van der Waals surface area contributed by atoms with E-state index in [1.54, 1.807) is 12.1 Å². The van der Waals surface area contributed by atoms with Gasteiger partial charge in [0.15, 0.2) is 9.84 Å². The zero-order chi connectivity index (χ0) is 14.8. The molecule has 0 aliphatic carbocycles. The number of hydrazine groups is 1. The van der Waals surface area contributed by atoms with Crippen LogP contribution in [-0.4, -0.2) is 31.7 Å². The number of amides is 2. The van der Waals surface area contributed by atoms with E-state index in [4.69, 9.17) is 11.6 Å². The fourth-order valence-electron chi connectivity index (χ4n) is 1.90. The molecule has 108 valence electrons. The first-order valence-corrected chi connectivity index (χ1v) is 8.13. The van der Waals surface area contributed by atoms with E-state index in [-0.39, 0.29) is 17.9 Å². The Balaban J connectivity index is 1.87. The number of nitrogens with one attached hydrogen (secondary N) is 2. The monoisotopic (exact) mass is 316 g/mol. The first kappa shape index (κ1) is 14.8. The van der Waals surface area contributed by atoms with Crippen LogP contribution in [0.25, 0.3) is 0 Å². The summed E-state index contributed by atoms with van der Waals surface area (Å²) in [7, 11) is -3.12. The number of halogens is 1. The van der Waals surface area contributed by atoms with E-state index in [1.807, 2.05) is 0 Å². The van der Waals surface area contributed by atoms with Gasteiger partial charge < -0.3 is 0 Å². The van der Waals surface area contributed by atoms with Crippen molar-refractivity contribution in [2.24, 2.45) is 5.92 Å². The van der Waals surface area contributed by atoms with E-state index in [0.29, 0.717) is 10.6 Å². The van der Waals surface area contributed by atoms with E-state index in [1.165, 1.54) is 12.1 Å². The van der Waals surface area contributed by atoms with E-state index in [9.17, 15) is 18.0 Å². The topological polar surface area (TPSA) is 92.3 Å². The summed E-state index contributed by atoms with van der Waals surface area (Å²) in [4.78, 5) is 23.4. The van der Waals surface area contributed by atoms with Gasteiger partial charge in [0, 0.05) is 10.6 Å². The Kier molecular flexibility index (Phi) is 4.29. The molecule has 20 heavy (non-hydrogen) atoms. The average molecular weight is 317 g/mol. The smallest absolute Gasteiger partial charge is 0.269 e.